The van der Waals surface area contributed by atoms with Crippen LogP contribution in [0.2, 0.25) is 0 Å². The van der Waals surface area contributed by atoms with Crippen molar-refractivity contribution in [2.24, 2.45) is 0 Å². The van der Waals surface area contributed by atoms with Crippen molar-refractivity contribution in [3.05, 3.63) is 71.8 Å². The van der Waals surface area contributed by atoms with Gasteiger partial charge in [0.05, 0.1) is 0 Å². The molecule has 2 rings (SSSR count). The molecule has 0 fully saturated rings. The molecule has 94 valence electrons. The van der Waals surface area contributed by atoms with Crippen molar-refractivity contribution >= 4 is 24.0 Å². The lowest BCUT2D eigenvalue weighted by Gasteiger charge is -2.05. The third kappa shape index (κ3) is 3.64. The number of allylic oxidation sites excluding steroid dienone is 1. The van der Waals surface area contributed by atoms with Crippen LogP contribution in [0.3, 0.4) is 0 Å². The fourth-order valence-corrected chi connectivity index (χ4v) is 1.66. The number of amides is 1. The molecule has 19 heavy (non-hydrogen) atoms. The van der Waals surface area contributed by atoms with Gasteiger partial charge in [-0.3, -0.25) is 9.59 Å². The van der Waals surface area contributed by atoms with Gasteiger partial charge in [-0.05, 0) is 35.9 Å². The maximum Gasteiger partial charge on any atom is 0.255 e. The Hall–Kier alpha value is -2.68. The highest BCUT2D eigenvalue weighted by atomic mass is 16.1. The van der Waals surface area contributed by atoms with E-state index in [9.17, 15) is 9.59 Å². The Labute approximate surface area is 111 Å². The van der Waals surface area contributed by atoms with E-state index in [2.05, 4.69) is 5.32 Å². The van der Waals surface area contributed by atoms with E-state index in [0.29, 0.717) is 11.8 Å². The van der Waals surface area contributed by atoms with Gasteiger partial charge in [0.25, 0.3) is 5.91 Å². The zero-order valence-corrected chi connectivity index (χ0v) is 10.2. The minimum atomic E-state index is -0.174. The molecule has 0 bridgehead atoms. The largest absolute Gasteiger partial charge is 0.322 e. The van der Waals surface area contributed by atoms with E-state index in [-0.39, 0.29) is 5.91 Å². The van der Waals surface area contributed by atoms with Crippen LogP contribution in [-0.2, 0) is 4.79 Å². The van der Waals surface area contributed by atoms with Crippen LogP contribution in [0.5, 0.6) is 0 Å². The number of carbonyl (C=O) groups excluding carboxylic acids is 2. The number of para-hydroxylation sites is 1. The van der Waals surface area contributed by atoms with Crippen molar-refractivity contribution < 1.29 is 9.59 Å². The van der Waals surface area contributed by atoms with Crippen LogP contribution in [0.1, 0.15) is 15.9 Å². The Morgan fingerprint density at radius 3 is 2.53 bits per heavy atom. The summed E-state index contributed by atoms with van der Waals surface area (Å²) in [5.74, 6) is -0.174. The molecule has 3 heteroatoms. The number of carbonyl (C=O) groups is 2. The molecule has 0 spiro atoms. The summed E-state index contributed by atoms with van der Waals surface area (Å²) in [4.78, 5) is 22.3. The van der Waals surface area contributed by atoms with Crippen molar-refractivity contribution in [1.82, 2.24) is 0 Å². The predicted octanol–water partition coefficient (Wildman–Crippen LogP) is 3.15. The van der Waals surface area contributed by atoms with Crippen molar-refractivity contribution in [3.8, 4) is 0 Å². The van der Waals surface area contributed by atoms with Crippen LogP contribution in [0, 0.1) is 0 Å². The second kappa shape index (κ2) is 6.31. The first kappa shape index (κ1) is 12.8. The topological polar surface area (TPSA) is 46.2 Å². The molecule has 1 N–H and O–H groups in total. The third-order valence-corrected chi connectivity index (χ3v) is 2.55. The number of hydrogen-bond acceptors (Lipinski definition) is 2. The first-order valence-electron chi connectivity index (χ1n) is 5.88. The van der Waals surface area contributed by atoms with Crippen molar-refractivity contribution in [3.63, 3.8) is 0 Å². The summed E-state index contributed by atoms with van der Waals surface area (Å²) in [5.41, 5.74) is 2.12. The average molecular weight is 251 g/mol. The molecule has 0 aliphatic rings. The summed E-state index contributed by atoms with van der Waals surface area (Å²) >= 11 is 0. The normalized spacial score (nSPS) is 10.3. The van der Waals surface area contributed by atoms with Gasteiger partial charge in [-0.1, -0.05) is 36.4 Å². The Balaban J connectivity index is 2.15. The van der Waals surface area contributed by atoms with Gasteiger partial charge in [-0.25, -0.2) is 0 Å². The second-order valence-corrected chi connectivity index (χ2v) is 3.94. The Morgan fingerprint density at radius 2 is 1.79 bits per heavy atom. The predicted molar refractivity (Wildman–Crippen MR) is 75.9 cm³/mol. The fraction of sp³-hybridized carbons (Fsp3) is 0. The van der Waals surface area contributed by atoms with Gasteiger partial charge in [-0.2, -0.15) is 0 Å². The first-order chi connectivity index (χ1) is 9.29. The maximum atomic E-state index is 12.0. The highest BCUT2D eigenvalue weighted by Crippen LogP contribution is 2.11. The van der Waals surface area contributed by atoms with E-state index in [0.717, 1.165) is 11.3 Å². The lowest BCUT2D eigenvalue weighted by atomic mass is 10.1. The van der Waals surface area contributed by atoms with Crippen LogP contribution in [-0.4, -0.2) is 12.2 Å². The van der Waals surface area contributed by atoms with E-state index in [1.165, 1.54) is 6.08 Å². The lowest BCUT2D eigenvalue weighted by Crippen LogP contribution is -2.11. The number of rotatable bonds is 4. The van der Waals surface area contributed by atoms with Crippen LogP contribution in [0.15, 0.2) is 60.7 Å². The molecule has 0 heterocycles. The molecule has 0 aromatic heterocycles. The molecule has 0 saturated carbocycles. The van der Waals surface area contributed by atoms with Crippen LogP contribution < -0.4 is 5.32 Å². The van der Waals surface area contributed by atoms with Crippen LogP contribution >= 0.6 is 0 Å². The first-order valence-corrected chi connectivity index (χ1v) is 5.88. The average Bonchev–Trinajstić information content (AvgIpc) is 2.46. The molecule has 1 amide bonds. The summed E-state index contributed by atoms with van der Waals surface area (Å²) in [6, 6.07) is 16.3. The molecule has 0 aliphatic carbocycles. The van der Waals surface area contributed by atoms with Crippen molar-refractivity contribution in [2.75, 3.05) is 5.32 Å². The fourth-order valence-electron chi connectivity index (χ4n) is 1.66. The van der Waals surface area contributed by atoms with Gasteiger partial charge in [0, 0.05) is 11.3 Å². The summed E-state index contributed by atoms with van der Waals surface area (Å²) in [5, 5.41) is 2.81. The molecular formula is C16H13NO2. The lowest BCUT2D eigenvalue weighted by molar-refractivity contribution is -0.104. The maximum absolute atomic E-state index is 12.0. The van der Waals surface area contributed by atoms with Crippen LogP contribution in [0.4, 0.5) is 5.69 Å². The van der Waals surface area contributed by atoms with Gasteiger partial charge in [0.15, 0.2) is 0 Å². The van der Waals surface area contributed by atoms with E-state index in [1.807, 2.05) is 36.4 Å². The Kier molecular flexibility index (Phi) is 4.24. The van der Waals surface area contributed by atoms with Gasteiger partial charge >= 0.3 is 0 Å². The molecule has 0 radical (unpaired) electrons. The van der Waals surface area contributed by atoms with Crippen molar-refractivity contribution in [2.45, 2.75) is 0 Å². The molecule has 0 saturated heterocycles. The zero-order chi connectivity index (χ0) is 13.5. The minimum Gasteiger partial charge on any atom is -0.322 e. The highest BCUT2D eigenvalue weighted by Gasteiger charge is 2.05. The Morgan fingerprint density at radius 1 is 1.00 bits per heavy atom. The third-order valence-electron chi connectivity index (χ3n) is 2.55. The monoisotopic (exact) mass is 251 g/mol. The molecule has 3 nitrogen and oxygen atoms in total. The molecular weight excluding hydrogens is 238 g/mol. The number of nitrogens with one attached hydrogen (secondary N) is 1. The number of aldehydes is 1. The summed E-state index contributed by atoms with van der Waals surface area (Å²) < 4.78 is 0. The van der Waals surface area contributed by atoms with Gasteiger partial charge in [0.1, 0.15) is 6.29 Å². The smallest absolute Gasteiger partial charge is 0.255 e. The summed E-state index contributed by atoms with van der Waals surface area (Å²) in [6.45, 7) is 0. The molecule has 0 aliphatic heterocycles. The van der Waals surface area contributed by atoms with E-state index >= 15 is 0 Å². The number of anilines is 1. The van der Waals surface area contributed by atoms with Gasteiger partial charge < -0.3 is 5.32 Å². The standard InChI is InChI=1S/C16H13NO2/c18-11-5-7-13-6-4-8-14(12-13)16(19)17-15-9-2-1-3-10-15/h1-12H,(H,17,19). The zero-order valence-electron chi connectivity index (χ0n) is 10.2. The van der Waals surface area contributed by atoms with Crippen LogP contribution in [0.25, 0.3) is 6.08 Å². The molecule has 0 unspecified atom stereocenters. The number of benzene rings is 2. The SMILES string of the molecule is O=CC=Cc1cccc(C(=O)Nc2ccccc2)c1. The molecule has 0 atom stereocenters. The number of hydrogen-bond donors (Lipinski definition) is 1. The van der Waals surface area contributed by atoms with E-state index in [1.54, 1.807) is 24.3 Å². The van der Waals surface area contributed by atoms with Gasteiger partial charge in [0.2, 0.25) is 0 Å². The van der Waals surface area contributed by atoms with E-state index in [4.69, 9.17) is 0 Å². The quantitative estimate of drug-likeness (QED) is 0.670. The Bertz CT molecular complexity index is 603. The highest BCUT2D eigenvalue weighted by molar-refractivity contribution is 6.04. The summed E-state index contributed by atoms with van der Waals surface area (Å²) in [6.07, 6.45) is 3.76. The van der Waals surface area contributed by atoms with E-state index < -0.39 is 0 Å². The second-order valence-electron chi connectivity index (χ2n) is 3.94. The molecule has 2 aromatic rings. The van der Waals surface area contributed by atoms with Crippen molar-refractivity contribution in [1.29, 1.82) is 0 Å². The molecule has 2 aromatic carbocycles. The minimum absolute atomic E-state index is 0.174. The summed E-state index contributed by atoms with van der Waals surface area (Å²) in [7, 11) is 0. The van der Waals surface area contributed by atoms with Gasteiger partial charge in [-0.15, -0.1) is 0 Å².